The molecule has 1 aromatic carbocycles. The molecule has 3 rings (SSSR count). The van der Waals surface area contributed by atoms with Crippen molar-refractivity contribution in [2.75, 3.05) is 38.7 Å². The summed E-state index contributed by atoms with van der Waals surface area (Å²) in [7, 11) is 3.83. The average Bonchev–Trinajstić information content (AvgIpc) is 3.35. The van der Waals surface area contributed by atoms with Crippen molar-refractivity contribution in [3.8, 4) is 17.0 Å². The van der Waals surface area contributed by atoms with Crippen LogP contribution in [0.15, 0.2) is 36.4 Å². The number of amides is 2. The molecule has 2 aromatic rings. The van der Waals surface area contributed by atoms with E-state index in [1.165, 1.54) is 17.0 Å². The van der Waals surface area contributed by atoms with Gasteiger partial charge in [-0.25, -0.2) is 19.4 Å². The molecule has 0 bridgehead atoms. The maximum Gasteiger partial charge on any atom is 0.416 e. The van der Waals surface area contributed by atoms with Crippen molar-refractivity contribution in [2.24, 2.45) is 0 Å². The van der Waals surface area contributed by atoms with Crippen molar-refractivity contribution in [3.63, 3.8) is 0 Å². The van der Waals surface area contributed by atoms with Crippen LogP contribution in [-0.4, -0.2) is 100 Å². The van der Waals surface area contributed by atoms with Gasteiger partial charge in [-0.1, -0.05) is 12.1 Å². The van der Waals surface area contributed by atoms with Gasteiger partial charge >= 0.3 is 23.8 Å². The second-order valence-electron chi connectivity index (χ2n) is 13.0. The summed E-state index contributed by atoms with van der Waals surface area (Å²) in [5.41, 5.74) is -1.39. The Morgan fingerprint density at radius 2 is 1.69 bits per heavy atom. The lowest BCUT2D eigenvalue weighted by atomic mass is 10.1. The molecule has 0 saturated carbocycles. The van der Waals surface area contributed by atoms with Crippen LogP contribution < -0.4 is 9.64 Å². The number of benzene rings is 1. The second-order valence-corrected chi connectivity index (χ2v) is 13.0. The van der Waals surface area contributed by atoms with Gasteiger partial charge in [0.25, 0.3) is 0 Å². The highest BCUT2D eigenvalue weighted by molar-refractivity contribution is 5.89. The highest BCUT2D eigenvalue weighted by atomic mass is 16.6. The predicted molar refractivity (Wildman–Crippen MR) is 166 cm³/mol. The molecule has 2 atom stereocenters. The highest BCUT2D eigenvalue weighted by Crippen LogP contribution is 2.38. The van der Waals surface area contributed by atoms with E-state index < -0.39 is 46.4 Å². The number of rotatable bonds is 10. The van der Waals surface area contributed by atoms with Crippen molar-refractivity contribution in [2.45, 2.75) is 77.7 Å². The summed E-state index contributed by atoms with van der Waals surface area (Å²) in [4.78, 5) is 59.3. The number of nitro groups is 1. The molecule has 1 N–H and O–H groups in total. The van der Waals surface area contributed by atoms with Crippen LogP contribution in [0.5, 0.6) is 5.75 Å². The summed E-state index contributed by atoms with van der Waals surface area (Å²) in [5, 5.41) is 21.9. The fourth-order valence-electron chi connectivity index (χ4n) is 4.78. The van der Waals surface area contributed by atoms with E-state index in [4.69, 9.17) is 14.2 Å². The maximum atomic E-state index is 13.7. The number of carboxylic acids is 1. The quantitative estimate of drug-likeness (QED) is 0.209. The molecule has 2 amide bonds. The lowest BCUT2D eigenvalue weighted by molar-refractivity contribution is -0.385. The fourth-order valence-corrected chi connectivity index (χ4v) is 4.78. The van der Waals surface area contributed by atoms with Gasteiger partial charge in [-0.3, -0.25) is 19.9 Å². The number of anilines is 1. The Labute approximate surface area is 263 Å². The van der Waals surface area contributed by atoms with Crippen LogP contribution in [0.3, 0.4) is 0 Å². The lowest BCUT2D eigenvalue weighted by Gasteiger charge is -2.31. The number of para-hydroxylation sites is 1. The van der Waals surface area contributed by atoms with Gasteiger partial charge in [0.05, 0.1) is 23.3 Å². The fraction of sp³-hybridized carbons (Fsp3) is 0.548. The Balaban J connectivity index is 2.07. The first-order chi connectivity index (χ1) is 20.9. The van der Waals surface area contributed by atoms with E-state index in [0.29, 0.717) is 18.5 Å². The minimum absolute atomic E-state index is 0.0395. The number of aromatic nitrogens is 1. The third-order valence-corrected chi connectivity index (χ3v) is 6.59. The smallest absolute Gasteiger partial charge is 0.416 e. The van der Waals surface area contributed by atoms with Gasteiger partial charge in [0, 0.05) is 31.1 Å². The van der Waals surface area contributed by atoms with Gasteiger partial charge in [0.1, 0.15) is 23.1 Å². The molecular weight excluding hydrogens is 586 g/mol. The zero-order valence-electron chi connectivity index (χ0n) is 27.1. The van der Waals surface area contributed by atoms with Gasteiger partial charge in [-0.2, -0.15) is 0 Å². The SMILES string of the molecule is CN(C)CCCOc1c(-c2cccc(N(C(=O)OC(C)(C)C)[C@H]3C[C@@H](C(=O)O)N(C(=O)OC(C)(C)C)C3)n2)cccc1[N+](=O)[O-]. The first kappa shape index (κ1) is 35.0. The normalized spacial score (nSPS) is 16.8. The molecule has 1 aliphatic rings. The number of carbonyl (C=O) groups excluding carboxylic acids is 2. The van der Waals surface area contributed by atoms with Crippen LogP contribution in [0.25, 0.3) is 11.3 Å². The number of ether oxygens (including phenoxy) is 3. The highest BCUT2D eigenvalue weighted by Gasteiger charge is 2.46. The predicted octanol–water partition coefficient (Wildman–Crippen LogP) is 5.19. The van der Waals surface area contributed by atoms with E-state index in [1.54, 1.807) is 65.8 Å². The van der Waals surface area contributed by atoms with Gasteiger partial charge in [0.15, 0.2) is 0 Å². The zero-order valence-corrected chi connectivity index (χ0v) is 27.1. The molecule has 1 fully saturated rings. The van der Waals surface area contributed by atoms with Gasteiger partial charge in [-0.15, -0.1) is 0 Å². The number of carbonyl (C=O) groups is 3. The Kier molecular flexibility index (Phi) is 11.0. The molecule has 0 unspecified atom stereocenters. The Morgan fingerprint density at radius 1 is 1.04 bits per heavy atom. The van der Waals surface area contributed by atoms with E-state index in [1.807, 2.05) is 19.0 Å². The minimum Gasteiger partial charge on any atom is -0.486 e. The van der Waals surface area contributed by atoms with Crippen LogP contribution in [0.4, 0.5) is 21.1 Å². The van der Waals surface area contributed by atoms with Crippen molar-refractivity contribution in [1.29, 1.82) is 0 Å². The van der Waals surface area contributed by atoms with E-state index in [-0.39, 0.29) is 42.5 Å². The number of aliphatic carboxylic acids is 1. The molecule has 1 aliphatic heterocycles. The first-order valence-corrected chi connectivity index (χ1v) is 14.6. The average molecular weight is 630 g/mol. The molecule has 0 radical (unpaired) electrons. The molecular formula is C31H43N5O9. The summed E-state index contributed by atoms with van der Waals surface area (Å²) in [5.74, 6) is -1.11. The monoisotopic (exact) mass is 629 g/mol. The summed E-state index contributed by atoms with van der Waals surface area (Å²) in [6.45, 7) is 10.9. The minimum atomic E-state index is -1.27. The first-order valence-electron chi connectivity index (χ1n) is 14.6. The number of pyridine rings is 1. The van der Waals surface area contributed by atoms with E-state index >= 15 is 0 Å². The Morgan fingerprint density at radius 3 is 2.27 bits per heavy atom. The van der Waals surface area contributed by atoms with Crippen molar-refractivity contribution < 1.29 is 38.6 Å². The molecule has 1 aromatic heterocycles. The molecule has 2 heterocycles. The van der Waals surface area contributed by atoms with Gasteiger partial charge < -0.3 is 24.2 Å². The standard InChI is InChI=1S/C31H43N5O9/c1-30(2,3)44-28(39)34-19-20(18-24(34)27(37)38)35(29(40)45-31(4,5)6)25-15-10-13-22(32-25)21-12-9-14-23(36(41)42)26(21)43-17-11-16-33(7)8/h9-10,12-15,20,24H,11,16-19H2,1-8H3,(H,37,38)/t20-,24-/m0/s1. The molecule has 14 nitrogen and oxygen atoms in total. The van der Waals surface area contributed by atoms with Gasteiger partial charge in [0.2, 0.25) is 5.75 Å². The molecule has 14 heteroatoms. The molecule has 1 saturated heterocycles. The largest absolute Gasteiger partial charge is 0.486 e. The van der Waals surface area contributed by atoms with E-state index in [2.05, 4.69) is 4.98 Å². The van der Waals surface area contributed by atoms with Crippen LogP contribution >= 0.6 is 0 Å². The number of likely N-dealkylation sites (tertiary alicyclic amines) is 1. The van der Waals surface area contributed by atoms with Crippen LogP contribution in [0, 0.1) is 10.1 Å². The van der Waals surface area contributed by atoms with Crippen molar-refractivity contribution in [3.05, 3.63) is 46.5 Å². The third-order valence-electron chi connectivity index (χ3n) is 6.59. The van der Waals surface area contributed by atoms with Gasteiger partial charge in [-0.05, 0) is 80.3 Å². The van der Waals surface area contributed by atoms with Crippen LogP contribution in [0.1, 0.15) is 54.4 Å². The number of nitro benzene ring substituents is 1. The zero-order chi connectivity index (χ0) is 33.7. The van der Waals surface area contributed by atoms with Crippen LogP contribution in [-0.2, 0) is 14.3 Å². The van der Waals surface area contributed by atoms with Crippen LogP contribution in [0.2, 0.25) is 0 Å². The summed E-state index contributed by atoms with van der Waals surface area (Å²) in [6.07, 6.45) is -1.11. The summed E-state index contributed by atoms with van der Waals surface area (Å²) < 4.78 is 17.1. The number of nitrogens with zero attached hydrogens (tertiary/aromatic N) is 5. The van der Waals surface area contributed by atoms with Crippen molar-refractivity contribution >= 4 is 29.7 Å². The maximum absolute atomic E-state index is 13.7. The Bertz CT molecular complexity index is 1400. The molecule has 45 heavy (non-hydrogen) atoms. The van der Waals surface area contributed by atoms with E-state index in [0.717, 1.165) is 4.90 Å². The number of carboxylic acid groups (broad SMARTS) is 1. The number of hydrogen-bond acceptors (Lipinski definition) is 10. The van der Waals surface area contributed by atoms with Crippen molar-refractivity contribution in [1.82, 2.24) is 14.8 Å². The molecule has 0 aliphatic carbocycles. The summed E-state index contributed by atoms with van der Waals surface area (Å²) in [6, 6.07) is 7.20. The summed E-state index contributed by atoms with van der Waals surface area (Å²) >= 11 is 0. The topological polar surface area (TPSA) is 165 Å². The number of hydrogen-bond donors (Lipinski definition) is 1. The third kappa shape index (κ3) is 9.51. The second kappa shape index (κ2) is 14.1. The molecule has 246 valence electrons. The molecule has 0 spiro atoms. The van der Waals surface area contributed by atoms with E-state index in [9.17, 15) is 29.6 Å². The Hall–Kier alpha value is -4.46. The lowest BCUT2D eigenvalue weighted by Crippen LogP contribution is -2.46.